The number of hydrogen-bond acceptors (Lipinski definition) is 2. The van der Waals surface area contributed by atoms with Gasteiger partial charge in [-0.2, -0.15) is 0 Å². The van der Waals surface area contributed by atoms with Gasteiger partial charge in [-0.1, -0.05) is 5.70 Å². The molecule has 0 amide bonds. The fourth-order valence-corrected chi connectivity index (χ4v) is 0.123. The normalized spacial score (nSPS) is 6.62. The SMILES string of the molecule is C=C([NH-])C(=O)OC.[Ac]. The number of nitrogens with one attached hydrogen (secondary N) is 1. The number of carbonyl (C=O) groups excluding carboxylic acids is 1. The van der Waals surface area contributed by atoms with Gasteiger partial charge >= 0.3 is 5.97 Å². The van der Waals surface area contributed by atoms with E-state index in [1.54, 1.807) is 0 Å². The van der Waals surface area contributed by atoms with Crippen LogP contribution in [0, 0.1) is 44.1 Å². The number of hydrogen-bond donors (Lipinski definition) is 0. The van der Waals surface area contributed by atoms with Gasteiger partial charge < -0.3 is 10.5 Å². The fraction of sp³-hybridized carbons (Fsp3) is 0.250. The van der Waals surface area contributed by atoms with Crippen molar-refractivity contribution in [1.82, 2.24) is 0 Å². The number of ether oxygens (including phenoxy) is 1. The fourth-order valence-electron chi connectivity index (χ4n) is 0.123. The monoisotopic (exact) mass is 327 g/mol. The van der Waals surface area contributed by atoms with Gasteiger partial charge in [-0.3, -0.25) is 0 Å². The van der Waals surface area contributed by atoms with Gasteiger partial charge in [0.25, 0.3) is 0 Å². The first kappa shape index (κ1) is 11.3. The number of methoxy groups -OCH3 is 1. The summed E-state index contributed by atoms with van der Waals surface area (Å²) >= 11 is 0. The zero-order valence-electron chi connectivity index (χ0n) is 4.60. The van der Waals surface area contributed by atoms with Gasteiger partial charge in [0, 0.05) is 44.1 Å². The maximum atomic E-state index is 10.0. The average Bonchev–Trinajstić information content (AvgIpc) is 1.65. The molecule has 0 aliphatic heterocycles. The maximum Gasteiger partial charge on any atom is 0.314 e. The molecule has 4 heteroatoms. The van der Waals surface area contributed by atoms with Crippen molar-refractivity contribution in [3.8, 4) is 0 Å². The van der Waals surface area contributed by atoms with Crippen LogP contribution in [0.2, 0.25) is 0 Å². The molecule has 0 saturated carbocycles. The molecule has 0 aromatic heterocycles. The summed E-state index contributed by atoms with van der Waals surface area (Å²) in [5.74, 6) is -0.681. The quantitative estimate of drug-likeness (QED) is 0.527. The van der Waals surface area contributed by atoms with Crippen molar-refractivity contribution in [2.45, 2.75) is 0 Å². The molecule has 0 spiro atoms. The Hall–Kier alpha value is 0.452. The molecule has 0 bridgehead atoms. The summed E-state index contributed by atoms with van der Waals surface area (Å²) in [6, 6.07) is 0. The van der Waals surface area contributed by atoms with E-state index >= 15 is 0 Å². The third-order valence-electron chi connectivity index (χ3n) is 0.432. The van der Waals surface area contributed by atoms with Crippen molar-refractivity contribution in [3.05, 3.63) is 18.0 Å². The van der Waals surface area contributed by atoms with Gasteiger partial charge in [0.1, 0.15) is 0 Å². The minimum Gasteiger partial charge on any atom is -0.693 e. The molecule has 1 radical (unpaired) electrons. The van der Waals surface area contributed by atoms with E-state index in [0.29, 0.717) is 0 Å². The maximum absolute atomic E-state index is 10.0. The Labute approximate surface area is 83.8 Å². The molecule has 0 saturated heterocycles. The van der Waals surface area contributed by atoms with Crippen LogP contribution in [0.15, 0.2) is 12.3 Å². The van der Waals surface area contributed by atoms with E-state index in [1.165, 1.54) is 7.11 Å². The van der Waals surface area contributed by atoms with Crippen LogP contribution in [-0.2, 0) is 9.53 Å². The Balaban J connectivity index is 0. The van der Waals surface area contributed by atoms with E-state index in [1.807, 2.05) is 0 Å². The first-order valence-corrected chi connectivity index (χ1v) is 1.67. The summed E-state index contributed by atoms with van der Waals surface area (Å²) in [5, 5.41) is 0. The van der Waals surface area contributed by atoms with Crippen LogP contribution in [0.3, 0.4) is 0 Å². The smallest absolute Gasteiger partial charge is 0.314 e. The topological polar surface area (TPSA) is 50.1 Å². The van der Waals surface area contributed by atoms with Crippen LogP contribution >= 0.6 is 0 Å². The van der Waals surface area contributed by atoms with Crippen LogP contribution in [0.25, 0.3) is 5.73 Å². The number of esters is 1. The summed E-state index contributed by atoms with van der Waals surface area (Å²) in [6.07, 6.45) is 0. The molecule has 0 heterocycles. The molecular formula is C4H6AcNO2-. The molecule has 0 aromatic rings. The summed E-state index contributed by atoms with van der Waals surface area (Å²) in [4.78, 5) is 10.0. The van der Waals surface area contributed by atoms with Crippen LogP contribution in [0.1, 0.15) is 0 Å². The van der Waals surface area contributed by atoms with Crippen molar-refractivity contribution in [2.75, 3.05) is 7.11 Å². The molecule has 0 fully saturated rings. The van der Waals surface area contributed by atoms with E-state index in [9.17, 15) is 4.79 Å². The minimum absolute atomic E-state index is 0. The molecule has 43 valence electrons. The van der Waals surface area contributed by atoms with Gasteiger partial charge in [-0.05, 0) is 0 Å². The molecule has 0 atom stereocenters. The zero-order chi connectivity index (χ0) is 5.86. The Morgan fingerprint density at radius 3 is 2.12 bits per heavy atom. The van der Waals surface area contributed by atoms with Crippen molar-refractivity contribution in [3.63, 3.8) is 0 Å². The largest absolute Gasteiger partial charge is 0.693 e. The van der Waals surface area contributed by atoms with Crippen molar-refractivity contribution in [1.29, 1.82) is 0 Å². The van der Waals surface area contributed by atoms with Crippen molar-refractivity contribution < 1.29 is 53.6 Å². The van der Waals surface area contributed by atoms with E-state index in [-0.39, 0.29) is 49.8 Å². The molecule has 0 rings (SSSR count). The predicted molar refractivity (Wildman–Crippen MR) is 25.5 cm³/mol. The third kappa shape index (κ3) is 4.61. The second kappa shape index (κ2) is 5.59. The molecule has 3 nitrogen and oxygen atoms in total. The van der Waals surface area contributed by atoms with Crippen LogP contribution in [0.5, 0.6) is 0 Å². The van der Waals surface area contributed by atoms with Crippen molar-refractivity contribution in [2.24, 2.45) is 0 Å². The molecule has 1 N–H and O–H groups in total. The van der Waals surface area contributed by atoms with Crippen LogP contribution in [0.4, 0.5) is 0 Å². The number of rotatable bonds is 1. The van der Waals surface area contributed by atoms with Crippen LogP contribution in [-0.4, -0.2) is 13.1 Å². The van der Waals surface area contributed by atoms with E-state index in [2.05, 4.69) is 11.3 Å². The first-order chi connectivity index (χ1) is 3.18. The Bertz CT molecular complexity index is 102. The average molecular weight is 327 g/mol. The van der Waals surface area contributed by atoms with E-state index < -0.39 is 5.97 Å². The summed E-state index contributed by atoms with van der Waals surface area (Å²) in [6.45, 7) is 3.02. The molecule has 8 heavy (non-hydrogen) atoms. The summed E-state index contributed by atoms with van der Waals surface area (Å²) in [5.41, 5.74) is 6.20. The third-order valence-corrected chi connectivity index (χ3v) is 0.432. The van der Waals surface area contributed by atoms with Gasteiger partial charge in [0.05, 0.1) is 7.11 Å². The molecular weight excluding hydrogens is 321 g/mol. The molecule has 0 aliphatic rings. The Morgan fingerprint density at radius 1 is 1.75 bits per heavy atom. The summed E-state index contributed by atoms with van der Waals surface area (Å²) < 4.78 is 4.09. The second-order valence-corrected chi connectivity index (χ2v) is 0.970. The molecule has 0 unspecified atom stereocenters. The van der Waals surface area contributed by atoms with E-state index in [4.69, 9.17) is 5.73 Å². The van der Waals surface area contributed by atoms with E-state index in [0.717, 1.165) is 0 Å². The first-order valence-electron chi connectivity index (χ1n) is 1.67. The second-order valence-electron chi connectivity index (χ2n) is 0.970. The van der Waals surface area contributed by atoms with Crippen LogP contribution < -0.4 is 0 Å². The Kier molecular flexibility index (Phi) is 7.87. The standard InChI is InChI=1S/C4H6NO2.Ac/c1-3(5)4(6)7-2;/h5H,1H2,2H3;/q-1;. The predicted octanol–water partition coefficient (Wildman–Crippen LogP) is 0.725. The van der Waals surface area contributed by atoms with Crippen molar-refractivity contribution >= 4 is 5.97 Å². The zero-order valence-corrected chi connectivity index (χ0v) is 9.35. The number of carbonyl (C=O) groups is 1. The Morgan fingerprint density at radius 2 is 2.12 bits per heavy atom. The van der Waals surface area contributed by atoms with Gasteiger partial charge in [0.15, 0.2) is 0 Å². The molecule has 0 aliphatic carbocycles. The van der Waals surface area contributed by atoms with Gasteiger partial charge in [0.2, 0.25) is 0 Å². The van der Waals surface area contributed by atoms with Gasteiger partial charge in [-0.25, -0.2) is 4.79 Å². The van der Waals surface area contributed by atoms with Gasteiger partial charge in [-0.15, -0.1) is 6.58 Å². The minimum atomic E-state index is -0.681. The molecule has 0 aromatic carbocycles. The summed E-state index contributed by atoms with van der Waals surface area (Å²) in [7, 11) is 1.21.